The topological polar surface area (TPSA) is 35.5 Å². The first-order chi connectivity index (χ1) is 7.63. The summed E-state index contributed by atoms with van der Waals surface area (Å²) in [7, 11) is 3.23. The van der Waals surface area contributed by atoms with Gasteiger partial charge >= 0.3 is 0 Å². The molecule has 0 saturated carbocycles. The van der Waals surface area contributed by atoms with Gasteiger partial charge in [0.25, 0.3) is 0 Å². The van der Waals surface area contributed by atoms with Crippen molar-refractivity contribution in [2.24, 2.45) is 0 Å². The van der Waals surface area contributed by atoms with Crippen LogP contribution in [0, 0.1) is 6.92 Å². The zero-order valence-corrected chi connectivity index (χ0v) is 10.2. The number of aldehydes is 1. The Kier molecular flexibility index (Phi) is 4.35. The molecule has 0 radical (unpaired) electrons. The zero-order chi connectivity index (χ0) is 12.1. The van der Waals surface area contributed by atoms with Crippen LogP contribution in [0.25, 0.3) is 0 Å². The maximum atomic E-state index is 10.5. The van der Waals surface area contributed by atoms with Gasteiger partial charge in [0, 0.05) is 6.42 Å². The van der Waals surface area contributed by atoms with Crippen LogP contribution in [-0.4, -0.2) is 20.5 Å². The molecule has 1 aromatic carbocycles. The fourth-order valence-electron chi connectivity index (χ4n) is 1.80. The Balaban J connectivity index is 3.15. The maximum absolute atomic E-state index is 10.5. The summed E-state index contributed by atoms with van der Waals surface area (Å²) in [6.07, 6.45) is 1.47. The molecule has 3 heteroatoms. The number of rotatable bonds is 5. The van der Waals surface area contributed by atoms with Crippen molar-refractivity contribution in [1.29, 1.82) is 0 Å². The lowest BCUT2D eigenvalue weighted by Gasteiger charge is -2.16. The highest BCUT2D eigenvalue weighted by Crippen LogP contribution is 2.34. The summed E-state index contributed by atoms with van der Waals surface area (Å²) in [4.78, 5) is 10.5. The van der Waals surface area contributed by atoms with Crippen LogP contribution in [-0.2, 0) is 4.79 Å². The minimum absolute atomic E-state index is 0.206. The molecule has 0 aromatic heterocycles. The molecule has 3 nitrogen and oxygen atoms in total. The highest BCUT2D eigenvalue weighted by Gasteiger charge is 2.13. The number of methoxy groups -OCH3 is 2. The Labute approximate surface area is 96.4 Å². The van der Waals surface area contributed by atoms with E-state index in [1.54, 1.807) is 14.2 Å². The van der Waals surface area contributed by atoms with Crippen molar-refractivity contribution in [3.8, 4) is 11.5 Å². The van der Waals surface area contributed by atoms with Crippen LogP contribution < -0.4 is 9.47 Å². The largest absolute Gasteiger partial charge is 0.493 e. The van der Waals surface area contributed by atoms with Gasteiger partial charge in [-0.25, -0.2) is 0 Å². The highest BCUT2D eigenvalue weighted by molar-refractivity contribution is 5.54. The Hall–Kier alpha value is -1.51. The van der Waals surface area contributed by atoms with Crippen LogP contribution in [0.2, 0.25) is 0 Å². The van der Waals surface area contributed by atoms with E-state index in [9.17, 15) is 4.79 Å². The van der Waals surface area contributed by atoms with Gasteiger partial charge in [-0.15, -0.1) is 0 Å². The number of carbonyl (C=O) groups is 1. The van der Waals surface area contributed by atoms with Gasteiger partial charge in [0.1, 0.15) is 6.29 Å². The van der Waals surface area contributed by atoms with Gasteiger partial charge in [-0.05, 0) is 36.1 Å². The second kappa shape index (κ2) is 5.54. The first-order valence-corrected chi connectivity index (χ1v) is 5.30. The van der Waals surface area contributed by atoms with Crippen LogP contribution >= 0.6 is 0 Å². The molecule has 0 saturated heterocycles. The number of benzene rings is 1. The SMILES string of the molecule is COc1cc(C)c(C(C)CC=O)cc1OC. The van der Waals surface area contributed by atoms with E-state index in [1.165, 1.54) is 0 Å². The fraction of sp³-hybridized carbons (Fsp3) is 0.462. The average molecular weight is 222 g/mol. The standard InChI is InChI=1S/C13H18O3/c1-9(5-6-14)11-8-13(16-4)12(15-3)7-10(11)2/h6-9H,5H2,1-4H3. The molecule has 1 aromatic rings. The molecule has 0 aliphatic rings. The van der Waals surface area contributed by atoms with Crippen molar-refractivity contribution in [3.63, 3.8) is 0 Å². The molecule has 16 heavy (non-hydrogen) atoms. The van der Waals surface area contributed by atoms with Crippen LogP contribution in [0.1, 0.15) is 30.4 Å². The Morgan fingerprint density at radius 2 is 1.81 bits per heavy atom. The first-order valence-electron chi connectivity index (χ1n) is 5.30. The quantitative estimate of drug-likeness (QED) is 0.718. The molecule has 0 heterocycles. The van der Waals surface area contributed by atoms with Crippen molar-refractivity contribution >= 4 is 6.29 Å². The average Bonchev–Trinajstić information content (AvgIpc) is 2.28. The minimum atomic E-state index is 0.206. The lowest BCUT2D eigenvalue weighted by Crippen LogP contribution is -2.00. The molecular weight excluding hydrogens is 204 g/mol. The molecule has 1 atom stereocenters. The predicted molar refractivity (Wildman–Crippen MR) is 63.4 cm³/mol. The summed E-state index contributed by atoms with van der Waals surface area (Å²) in [5, 5.41) is 0. The van der Waals surface area contributed by atoms with E-state index in [-0.39, 0.29) is 5.92 Å². The van der Waals surface area contributed by atoms with Crippen molar-refractivity contribution in [2.75, 3.05) is 14.2 Å². The Morgan fingerprint density at radius 3 is 2.31 bits per heavy atom. The van der Waals surface area contributed by atoms with E-state index in [0.717, 1.165) is 23.2 Å². The van der Waals surface area contributed by atoms with Crippen molar-refractivity contribution in [1.82, 2.24) is 0 Å². The van der Waals surface area contributed by atoms with Crippen LogP contribution in [0.4, 0.5) is 0 Å². The highest BCUT2D eigenvalue weighted by atomic mass is 16.5. The summed E-state index contributed by atoms with van der Waals surface area (Å²) < 4.78 is 10.5. The molecule has 0 spiro atoms. The molecule has 88 valence electrons. The summed E-state index contributed by atoms with van der Waals surface area (Å²) >= 11 is 0. The van der Waals surface area contributed by atoms with Crippen LogP contribution in [0.5, 0.6) is 11.5 Å². The Bertz CT molecular complexity index is 372. The first kappa shape index (κ1) is 12.6. The molecule has 0 fully saturated rings. The van der Waals surface area contributed by atoms with Crippen molar-refractivity contribution in [3.05, 3.63) is 23.3 Å². The number of hydrogen-bond acceptors (Lipinski definition) is 3. The molecule has 0 amide bonds. The molecule has 0 aliphatic carbocycles. The van der Waals surface area contributed by atoms with E-state index in [1.807, 2.05) is 26.0 Å². The van der Waals surface area contributed by atoms with Gasteiger partial charge in [-0.3, -0.25) is 0 Å². The predicted octanol–water partition coefficient (Wildman–Crippen LogP) is 2.70. The van der Waals surface area contributed by atoms with Crippen LogP contribution in [0.15, 0.2) is 12.1 Å². The van der Waals surface area contributed by atoms with Gasteiger partial charge in [-0.1, -0.05) is 6.92 Å². The summed E-state index contributed by atoms with van der Waals surface area (Å²) in [6.45, 7) is 4.04. The summed E-state index contributed by atoms with van der Waals surface area (Å²) in [6, 6.07) is 3.89. The smallest absolute Gasteiger partial charge is 0.161 e. The second-order valence-corrected chi connectivity index (χ2v) is 3.87. The number of aryl methyl sites for hydroxylation is 1. The van der Waals surface area contributed by atoms with Crippen LogP contribution in [0.3, 0.4) is 0 Å². The molecule has 0 N–H and O–H groups in total. The monoisotopic (exact) mass is 222 g/mol. The van der Waals surface area contributed by atoms with Gasteiger partial charge in [0.2, 0.25) is 0 Å². The van der Waals surface area contributed by atoms with E-state index in [4.69, 9.17) is 9.47 Å². The van der Waals surface area contributed by atoms with Crippen molar-refractivity contribution < 1.29 is 14.3 Å². The summed E-state index contributed by atoms with van der Waals surface area (Å²) in [5.41, 5.74) is 2.25. The van der Waals surface area contributed by atoms with Gasteiger partial charge in [0.05, 0.1) is 14.2 Å². The maximum Gasteiger partial charge on any atom is 0.161 e. The van der Waals surface area contributed by atoms with Crippen molar-refractivity contribution in [2.45, 2.75) is 26.2 Å². The number of hydrogen-bond donors (Lipinski definition) is 0. The normalized spacial score (nSPS) is 12.0. The second-order valence-electron chi connectivity index (χ2n) is 3.87. The lowest BCUT2D eigenvalue weighted by molar-refractivity contribution is -0.108. The molecule has 1 rings (SSSR count). The van der Waals surface area contributed by atoms with E-state index < -0.39 is 0 Å². The molecule has 1 unspecified atom stereocenters. The fourth-order valence-corrected chi connectivity index (χ4v) is 1.80. The Morgan fingerprint density at radius 1 is 1.25 bits per heavy atom. The number of ether oxygens (including phenoxy) is 2. The molecular formula is C13H18O3. The zero-order valence-electron chi connectivity index (χ0n) is 10.2. The number of carbonyl (C=O) groups excluding carboxylic acids is 1. The third-order valence-electron chi connectivity index (χ3n) is 2.75. The third kappa shape index (κ3) is 2.54. The van der Waals surface area contributed by atoms with E-state index in [0.29, 0.717) is 12.2 Å². The molecule has 0 bridgehead atoms. The summed E-state index contributed by atoms with van der Waals surface area (Å²) in [5.74, 6) is 1.64. The van der Waals surface area contributed by atoms with Gasteiger partial charge in [0.15, 0.2) is 11.5 Å². The van der Waals surface area contributed by atoms with Gasteiger partial charge in [-0.2, -0.15) is 0 Å². The van der Waals surface area contributed by atoms with E-state index >= 15 is 0 Å². The lowest BCUT2D eigenvalue weighted by atomic mass is 9.93. The third-order valence-corrected chi connectivity index (χ3v) is 2.75. The van der Waals surface area contributed by atoms with Gasteiger partial charge < -0.3 is 14.3 Å². The molecule has 0 aliphatic heterocycles. The minimum Gasteiger partial charge on any atom is -0.493 e. The van der Waals surface area contributed by atoms with E-state index in [2.05, 4.69) is 0 Å².